The molecule has 45 heavy (non-hydrogen) atoms. The molecular weight excluding hydrogens is 570 g/mol. The van der Waals surface area contributed by atoms with Crippen molar-refractivity contribution >= 4 is 23.4 Å². The number of likely N-dealkylation sites (tertiary alicyclic amines) is 1. The number of aliphatic hydroxyl groups is 1. The van der Waals surface area contributed by atoms with Gasteiger partial charge in [0.15, 0.2) is 0 Å². The molecule has 9 nitrogen and oxygen atoms in total. The molecule has 3 aliphatic rings. The number of benzene rings is 2. The van der Waals surface area contributed by atoms with Gasteiger partial charge in [0.1, 0.15) is 17.4 Å². The van der Waals surface area contributed by atoms with Crippen LogP contribution < -0.4 is 9.64 Å². The van der Waals surface area contributed by atoms with E-state index >= 15 is 0 Å². The molecule has 2 unspecified atom stereocenters. The largest absolute Gasteiger partial charge is 0.494 e. The van der Waals surface area contributed by atoms with E-state index in [0.717, 1.165) is 0 Å². The molecule has 0 saturated carbocycles. The molecule has 2 bridgehead atoms. The third kappa shape index (κ3) is 5.36. The highest BCUT2D eigenvalue weighted by Crippen LogP contribution is 2.64. The summed E-state index contributed by atoms with van der Waals surface area (Å²) in [5.74, 6) is -1.97. The van der Waals surface area contributed by atoms with Crippen molar-refractivity contribution in [3.05, 3.63) is 85.5 Å². The number of carbonyl (C=O) groups excluding carboxylic acids is 3. The smallest absolute Gasteiger partial charge is 0.248 e. The molecule has 0 radical (unpaired) electrons. The van der Waals surface area contributed by atoms with E-state index in [9.17, 15) is 19.5 Å². The Balaban J connectivity index is 1.62. The Hall–Kier alpha value is -3.95. The van der Waals surface area contributed by atoms with Gasteiger partial charge in [-0.2, -0.15) is 0 Å². The predicted molar refractivity (Wildman–Crippen MR) is 173 cm³/mol. The van der Waals surface area contributed by atoms with Gasteiger partial charge in [-0.1, -0.05) is 42.5 Å². The lowest BCUT2D eigenvalue weighted by molar-refractivity contribution is -0.155. The van der Waals surface area contributed by atoms with Crippen molar-refractivity contribution in [1.29, 1.82) is 0 Å². The second kappa shape index (κ2) is 12.8. The minimum Gasteiger partial charge on any atom is -0.494 e. The Morgan fingerprint density at radius 1 is 1.07 bits per heavy atom. The van der Waals surface area contributed by atoms with Gasteiger partial charge in [0.2, 0.25) is 17.7 Å². The SMILES string of the molecule is C=CCN(C(=O)[C@@H]1[C@H]2C(=O)N([C@H](CO)c3ccccc3)C(C(=O)N(CC=C)C(C)C)C23CC[C@@]1(C)O3)c1ccc(OCC)cc1. The highest BCUT2D eigenvalue weighted by atomic mass is 16.5. The van der Waals surface area contributed by atoms with Gasteiger partial charge < -0.3 is 29.3 Å². The van der Waals surface area contributed by atoms with Crippen LogP contribution in [0.15, 0.2) is 79.9 Å². The fraction of sp³-hybridized carbons (Fsp3) is 0.472. The Morgan fingerprint density at radius 2 is 1.73 bits per heavy atom. The summed E-state index contributed by atoms with van der Waals surface area (Å²) in [4.78, 5) is 49.0. The molecular formula is C36H45N3O6. The first kappa shape index (κ1) is 32.4. The predicted octanol–water partition coefficient (Wildman–Crippen LogP) is 4.53. The van der Waals surface area contributed by atoms with Gasteiger partial charge >= 0.3 is 0 Å². The van der Waals surface area contributed by atoms with Crippen LogP contribution in [0.3, 0.4) is 0 Å². The molecule has 9 heteroatoms. The Labute approximate surface area is 266 Å². The average molecular weight is 616 g/mol. The van der Waals surface area contributed by atoms with Crippen molar-refractivity contribution in [2.45, 2.75) is 69.9 Å². The standard InChI is InChI=1S/C36H45N3O6/c1-7-21-37(24(4)5)34(43)31-36-20-19-35(6,45-36)29(30(36)33(42)39(31)28(23-40)25-13-11-10-12-14-25)32(41)38(22-8-2)26-15-17-27(18-16-26)44-9-3/h7-8,10-18,24,28-31,40H,1-2,9,19-23H2,3-6H3/t28-,29+,30+,31?,35-,36?/m1/s1. The third-order valence-corrected chi connectivity index (χ3v) is 9.68. The summed E-state index contributed by atoms with van der Waals surface area (Å²) < 4.78 is 12.5. The number of amides is 3. The molecule has 3 aliphatic heterocycles. The molecule has 6 atom stereocenters. The van der Waals surface area contributed by atoms with Crippen molar-refractivity contribution in [2.24, 2.45) is 11.8 Å². The van der Waals surface area contributed by atoms with Crippen LogP contribution >= 0.6 is 0 Å². The lowest BCUT2D eigenvalue weighted by Gasteiger charge is -2.40. The zero-order valence-electron chi connectivity index (χ0n) is 26.7. The molecule has 0 aliphatic carbocycles. The van der Waals surface area contributed by atoms with Crippen LogP contribution in [0.1, 0.15) is 52.1 Å². The molecule has 3 saturated heterocycles. The lowest BCUT2D eigenvalue weighted by atomic mass is 9.66. The van der Waals surface area contributed by atoms with E-state index in [0.29, 0.717) is 36.4 Å². The van der Waals surface area contributed by atoms with E-state index in [4.69, 9.17) is 9.47 Å². The van der Waals surface area contributed by atoms with Gasteiger partial charge in [0, 0.05) is 24.8 Å². The number of ether oxygens (including phenoxy) is 2. The van der Waals surface area contributed by atoms with Gasteiger partial charge in [-0.15, -0.1) is 13.2 Å². The number of rotatable bonds is 13. The number of hydrogen-bond acceptors (Lipinski definition) is 6. The molecule has 3 fully saturated rings. The van der Waals surface area contributed by atoms with Crippen molar-refractivity contribution in [3.63, 3.8) is 0 Å². The number of carbonyl (C=O) groups is 3. The molecule has 1 N–H and O–H groups in total. The summed E-state index contributed by atoms with van der Waals surface area (Å²) in [5, 5.41) is 10.8. The van der Waals surface area contributed by atoms with E-state index in [1.54, 1.807) is 22.0 Å². The number of nitrogens with zero attached hydrogens (tertiary/aromatic N) is 3. The van der Waals surface area contributed by atoms with Crippen LogP contribution in [0, 0.1) is 11.8 Å². The maximum atomic E-state index is 14.8. The fourth-order valence-electron chi connectivity index (χ4n) is 7.74. The summed E-state index contributed by atoms with van der Waals surface area (Å²) in [7, 11) is 0. The first-order chi connectivity index (χ1) is 21.6. The Bertz CT molecular complexity index is 1430. The quantitative estimate of drug-likeness (QED) is 0.333. The molecule has 3 heterocycles. The van der Waals surface area contributed by atoms with Crippen LogP contribution in [-0.2, 0) is 19.1 Å². The van der Waals surface area contributed by atoms with Gasteiger partial charge in [0.05, 0.1) is 36.7 Å². The normalized spacial score (nSPS) is 27.3. The first-order valence-corrected chi connectivity index (χ1v) is 15.8. The second-order valence-electron chi connectivity index (χ2n) is 12.6. The van der Waals surface area contributed by atoms with Crippen LogP contribution in [0.4, 0.5) is 5.69 Å². The fourth-order valence-corrected chi connectivity index (χ4v) is 7.74. The van der Waals surface area contributed by atoms with E-state index in [2.05, 4.69) is 13.2 Å². The summed E-state index contributed by atoms with van der Waals surface area (Å²) in [6.07, 6.45) is 4.27. The molecule has 1 spiro atoms. The highest BCUT2D eigenvalue weighted by Gasteiger charge is 2.79. The molecule has 240 valence electrons. The van der Waals surface area contributed by atoms with Crippen LogP contribution in [0.5, 0.6) is 5.75 Å². The number of anilines is 1. The maximum absolute atomic E-state index is 14.8. The molecule has 0 aromatic heterocycles. The molecule has 2 aromatic rings. The van der Waals surface area contributed by atoms with Gasteiger partial charge in [-0.25, -0.2) is 0 Å². The minimum absolute atomic E-state index is 0.179. The van der Waals surface area contributed by atoms with Gasteiger partial charge in [-0.3, -0.25) is 14.4 Å². The van der Waals surface area contributed by atoms with Crippen molar-refractivity contribution in [3.8, 4) is 5.75 Å². The van der Waals surface area contributed by atoms with Gasteiger partial charge in [0.25, 0.3) is 0 Å². The van der Waals surface area contributed by atoms with Crippen molar-refractivity contribution in [2.75, 3.05) is 31.2 Å². The van der Waals surface area contributed by atoms with Crippen molar-refractivity contribution in [1.82, 2.24) is 9.80 Å². The number of aliphatic hydroxyl groups excluding tert-OH is 1. The maximum Gasteiger partial charge on any atom is 0.248 e. The van der Waals surface area contributed by atoms with Crippen LogP contribution in [-0.4, -0.2) is 82.2 Å². The van der Waals surface area contributed by atoms with E-state index in [1.165, 1.54) is 4.90 Å². The second-order valence-corrected chi connectivity index (χ2v) is 12.6. The Morgan fingerprint density at radius 3 is 2.31 bits per heavy atom. The zero-order valence-corrected chi connectivity index (χ0v) is 26.7. The van der Waals surface area contributed by atoms with E-state index in [-0.39, 0.29) is 36.9 Å². The summed E-state index contributed by atoms with van der Waals surface area (Å²) in [5.41, 5.74) is -0.852. The van der Waals surface area contributed by atoms with Crippen molar-refractivity contribution < 1.29 is 29.0 Å². The summed E-state index contributed by atoms with van der Waals surface area (Å²) in [6, 6.07) is 14.5. The average Bonchev–Trinajstić information content (AvgIpc) is 3.60. The molecule has 5 rings (SSSR count). The van der Waals surface area contributed by atoms with E-state index in [1.807, 2.05) is 82.3 Å². The van der Waals surface area contributed by atoms with Gasteiger partial charge in [-0.05, 0) is 70.4 Å². The topological polar surface area (TPSA) is 99.6 Å². The molecule has 2 aromatic carbocycles. The van der Waals surface area contributed by atoms with E-state index < -0.39 is 41.7 Å². The summed E-state index contributed by atoms with van der Waals surface area (Å²) >= 11 is 0. The number of hydrogen-bond donors (Lipinski definition) is 1. The molecule has 3 amide bonds. The lowest BCUT2D eigenvalue weighted by Crippen LogP contribution is -2.58. The Kier molecular flexibility index (Phi) is 9.23. The number of fused-ring (bicyclic) bond motifs is 1. The first-order valence-electron chi connectivity index (χ1n) is 15.8. The van der Waals surface area contributed by atoms with Crippen LogP contribution in [0.2, 0.25) is 0 Å². The third-order valence-electron chi connectivity index (χ3n) is 9.68. The zero-order chi connectivity index (χ0) is 32.5. The van der Waals surface area contributed by atoms with Crippen LogP contribution in [0.25, 0.3) is 0 Å². The summed E-state index contributed by atoms with van der Waals surface area (Å²) in [6.45, 7) is 16.0. The minimum atomic E-state index is -1.24. The highest BCUT2D eigenvalue weighted by molar-refractivity contribution is 6.03. The monoisotopic (exact) mass is 615 g/mol.